The predicted molar refractivity (Wildman–Crippen MR) is 283 cm³/mol. The Morgan fingerprint density at radius 2 is 1.22 bits per heavy atom. The zero-order valence-corrected chi connectivity index (χ0v) is 39.0. The summed E-state index contributed by atoms with van der Waals surface area (Å²) < 4.78 is 103. The van der Waals surface area contributed by atoms with Crippen molar-refractivity contribution in [2.24, 2.45) is 0 Å². The highest BCUT2D eigenvalue weighted by atomic mass is 16.3. The average molecular weight is 890 g/mol. The molecule has 1 N–H and O–H groups in total. The molecule has 7 aromatic carbocycles. The third-order valence-corrected chi connectivity index (χ3v) is 12.7. The monoisotopic (exact) mass is 890 g/mol. The van der Waals surface area contributed by atoms with Crippen molar-refractivity contribution in [2.45, 2.75) is 98.5 Å². The number of pyridine rings is 1. The first-order valence-electron chi connectivity index (χ1n) is 28.8. The number of aromatic hydroxyl groups is 1. The number of nitrogens with zero attached hydrogens (tertiary/aromatic N) is 3. The van der Waals surface area contributed by atoms with Crippen LogP contribution in [-0.2, 0) is 10.8 Å². The second-order valence-corrected chi connectivity index (χ2v) is 19.2. The van der Waals surface area contributed by atoms with Crippen molar-refractivity contribution in [3.05, 3.63) is 192 Å². The molecule has 67 heavy (non-hydrogen) atoms. The first-order valence-corrected chi connectivity index (χ1v) is 22.8. The predicted octanol–water partition coefficient (Wildman–Crippen LogP) is 17.3. The van der Waals surface area contributed by atoms with Gasteiger partial charge in [-0.05, 0) is 139 Å². The van der Waals surface area contributed by atoms with Crippen molar-refractivity contribution in [2.75, 3.05) is 0 Å². The Balaban J connectivity index is 1.31. The van der Waals surface area contributed by atoms with E-state index in [4.69, 9.17) is 26.4 Å². The molecular formula is C63H63N3O. The molecule has 0 aliphatic carbocycles. The molecule has 9 rings (SSSR count). The van der Waals surface area contributed by atoms with Crippen LogP contribution in [0.2, 0.25) is 0 Å². The van der Waals surface area contributed by atoms with Crippen LogP contribution in [0.5, 0.6) is 5.75 Å². The van der Waals surface area contributed by atoms with Crippen LogP contribution in [0, 0.1) is 6.85 Å². The maximum Gasteiger partial charge on any atom is 0.149 e. The van der Waals surface area contributed by atoms with Crippen molar-refractivity contribution in [1.29, 1.82) is 0 Å². The number of aromatic nitrogens is 3. The highest BCUT2D eigenvalue weighted by molar-refractivity contribution is 5.98. The van der Waals surface area contributed by atoms with Gasteiger partial charge in [0.25, 0.3) is 0 Å². The second kappa shape index (κ2) is 17.6. The minimum Gasteiger partial charge on any atom is -0.507 e. The van der Waals surface area contributed by atoms with E-state index in [1.807, 2.05) is 97.1 Å². The molecule has 0 saturated carbocycles. The van der Waals surface area contributed by atoms with Crippen molar-refractivity contribution < 1.29 is 21.6 Å². The van der Waals surface area contributed by atoms with Crippen LogP contribution in [0.1, 0.15) is 125 Å². The molecule has 2 aromatic heterocycles. The lowest BCUT2D eigenvalue weighted by atomic mass is 9.83. The van der Waals surface area contributed by atoms with E-state index in [2.05, 4.69) is 77.3 Å². The van der Waals surface area contributed by atoms with Crippen LogP contribution in [-0.4, -0.2) is 19.6 Å². The van der Waals surface area contributed by atoms with E-state index in [1.165, 1.54) is 12.1 Å². The van der Waals surface area contributed by atoms with Crippen LogP contribution < -0.4 is 0 Å². The number of hydrogen-bond donors (Lipinski definition) is 1. The molecule has 0 atom stereocenters. The molecule has 9 aromatic rings. The van der Waals surface area contributed by atoms with Gasteiger partial charge in [-0.1, -0.05) is 178 Å². The molecule has 0 bridgehead atoms. The number of phenols is 1. The van der Waals surface area contributed by atoms with E-state index in [1.54, 1.807) is 30.5 Å². The second-order valence-electron chi connectivity index (χ2n) is 19.2. The van der Waals surface area contributed by atoms with Gasteiger partial charge in [-0.25, -0.2) is 4.98 Å². The van der Waals surface area contributed by atoms with Crippen LogP contribution in [0.15, 0.2) is 164 Å². The Hall–Kier alpha value is -7.04. The van der Waals surface area contributed by atoms with E-state index in [9.17, 15) is 5.11 Å². The quantitative estimate of drug-likeness (QED) is 0.157. The van der Waals surface area contributed by atoms with Crippen molar-refractivity contribution in [3.8, 4) is 78.6 Å². The fraction of sp³-hybridized carbons (Fsp3) is 0.238. The molecule has 0 fully saturated rings. The van der Waals surface area contributed by atoms with Gasteiger partial charge in [-0.2, -0.15) is 0 Å². The van der Waals surface area contributed by atoms with Gasteiger partial charge < -0.3 is 5.11 Å². The average Bonchev–Trinajstić information content (AvgIpc) is 3.80. The summed E-state index contributed by atoms with van der Waals surface area (Å²) in [5.74, 6) is 0.624. The highest BCUT2D eigenvalue weighted by Crippen LogP contribution is 2.45. The van der Waals surface area contributed by atoms with Crippen LogP contribution in [0.3, 0.4) is 0 Å². The fourth-order valence-corrected chi connectivity index (χ4v) is 8.90. The lowest BCUT2D eigenvalue weighted by molar-refractivity contribution is 0.466. The largest absolute Gasteiger partial charge is 0.507 e. The van der Waals surface area contributed by atoms with Gasteiger partial charge in [0.15, 0.2) is 0 Å². The number of phenolic OH excluding ortho intramolecular Hbond substituents is 1. The molecule has 0 amide bonds. The molecule has 4 nitrogen and oxygen atoms in total. The Labute approximate surface area is 414 Å². The van der Waals surface area contributed by atoms with E-state index in [-0.39, 0.29) is 34.1 Å². The summed E-state index contributed by atoms with van der Waals surface area (Å²) in [5.41, 5.74) is 8.59. The number of rotatable bonds is 9. The summed E-state index contributed by atoms with van der Waals surface area (Å²) >= 11 is 0. The Morgan fingerprint density at radius 1 is 0.537 bits per heavy atom. The van der Waals surface area contributed by atoms with E-state index in [0.29, 0.717) is 56.1 Å². The van der Waals surface area contributed by atoms with Gasteiger partial charge in [-0.15, -0.1) is 0 Å². The maximum absolute atomic E-state index is 12.5. The number of fused-ring (bicyclic) bond motifs is 1. The van der Waals surface area contributed by atoms with Crippen LogP contribution in [0.4, 0.5) is 0 Å². The van der Waals surface area contributed by atoms with E-state index < -0.39 is 32.8 Å². The van der Waals surface area contributed by atoms with Gasteiger partial charge in [0.1, 0.15) is 11.6 Å². The molecule has 4 heteroatoms. The van der Waals surface area contributed by atoms with Crippen molar-refractivity contribution in [3.63, 3.8) is 0 Å². The van der Waals surface area contributed by atoms with Crippen LogP contribution in [0.25, 0.3) is 83.9 Å². The first kappa shape index (κ1) is 32.6. The van der Waals surface area contributed by atoms with Crippen LogP contribution >= 0.6 is 0 Å². The molecule has 336 valence electrons. The van der Waals surface area contributed by atoms with Gasteiger partial charge >= 0.3 is 0 Å². The fourth-order valence-electron chi connectivity index (χ4n) is 8.90. The minimum absolute atomic E-state index is 0.0391. The number of hydrogen-bond acceptors (Lipinski definition) is 3. The smallest absolute Gasteiger partial charge is 0.149 e. The summed E-state index contributed by atoms with van der Waals surface area (Å²) in [6, 6.07) is 48.6. The lowest BCUT2D eigenvalue weighted by Gasteiger charge is -2.22. The van der Waals surface area contributed by atoms with Gasteiger partial charge in [0.05, 0.1) is 28.0 Å². The Kier molecular flexibility index (Phi) is 8.58. The normalized spacial score (nSPS) is 15.5. The number of aryl methyl sites for hydroxylation is 1. The topological polar surface area (TPSA) is 50.9 Å². The summed E-state index contributed by atoms with van der Waals surface area (Å²) in [6.07, 6.45) is 1.66. The van der Waals surface area contributed by atoms with Gasteiger partial charge in [-0.3, -0.25) is 9.55 Å². The molecular weight excluding hydrogens is 815 g/mol. The maximum atomic E-state index is 12.5. The van der Waals surface area contributed by atoms with E-state index >= 15 is 0 Å². The molecule has 0 aliphatic heterocycles. The zero-order valence-electron chi connectivity index (χ0n) is 51.0. The Bertz CT molecular complexity index is 3680. The molecule has 0 radical (unpaired) electrons. The molecule has 2 heterocycles. The molecule has 0 spiro atoms. The van der Waals surface area contributed by atoms with Crippen molar-refractivity contribution in [1.82, 2.24) is 14.5 Å². The summed E-state index contributed by atoms with van der Waals surface area (Å²) in [6.45, 7) is 2.06. The van der Waals surface area contributed by atoms with Gasteiger partial charge in [0, 0.05) is 39.3 Å². The standard InChI is InChI=1S/C63H63N3O/c1-39(2)46-35-52(40(3)4)60(67)55(36-46)61-65-59-51(23-18-24-57(59)66(61)58-38-53(43-19-14-12-15-20-43)41(5)31-54(58)44-21-16-13-17-22-44)47-32-48(34-50(33-47)63(9,10)11)56-37-45(29-30-64-56)42-25-27-49(28-26-42)62(6,7)8/h12-40,67H,1-11H3/i5D3,6D3,7D3,8D3. The number of para-hydroxylation sites is 1. The molecule has 0 unspecified atom stereocenters. The lowest BCUT2D eigenvalue weighted by Crippen LogP contribution is -2.11. The highest BCUT2D eigenvalue weighted by Gasteiger charge is 2.27. The third kappa shape index (κ3) is 8.86. The first-order chi connectivity index (χ1) is 36.9. The number of benzene rings is 7. The summed E-state index contributed by atoms with van der Waals surface area (Å²) in [4.78, 5) is 10.4. The SMILES string of the molecule is [2H]C([2H])([2H])c1cc(-c2ccccc2)c(-n2c(-c3cc(C(C)C)cc(C(C)C)c3O)nc3c(-c4cc(-c5cc(-c6ccc(C(C([2H])([2H])[2H])(C([2H])([2H])[2H])C([2H])([2H])[2H])cc6)ccn5)cc(C(C)(C)C)c4)cccc32)cc1-c1ccccc1. The molecule has 0 aliphatic rings. The minimum atomic E-state index is -3.39. The third-order valence-electron chi connectivity index (χ3n) is 12.7. The summed E-state index contributed by atoms with van der Waals surface area (Å²) in [5, 5.41) is 12.5. The summed E-state index contributed by atoms with van der Waals surface area (Å²) in [7, 11) is 0. The zero-order chi connectivity index (χ0) is 57.4. The Morgan fingerprint density at radius 3 is 1.87 bits per heavy atom. The number of imidazole rings is 1. The van der Waals surface area contributed by atoms with E-state index in [0.717, 1.165) is 44.5 Å². The molecule has 0 saturated heterocycles. The van der Waals surface area contributed by atoms with Crippen molar-refractivity contribution >= 4 is 11.0 Å². The van der Waals surface area contributed by atoms with Gasteiger partial charge in [0.2, 0.25) is 0 Å².